The van der Waals surface area contributed by atoms with E-state index in [1.165, 1.54) is 32.2 Å². The average molecular weight is 252 g/mol. The average Bonchev–Trinajstić information content (AvgIpc) is 2.37. The third kappa shape index (κ3) is 3.27. The van der Waals surface area contributed by atoms with Crippen LogP contribution in [0.15, 0.2) is 24.3 Å². The van der Waals surface area contributed by atoms with Crippen LogP contribution in [0.4, 0.5) is 5.69 Å². The lowest BCUT2D eigenvalue weighted by molar-refractivity contribution is -0.384. The summed E-state index contributed by atoms with van der Waals surface area (Å²) in [5.74, 6) is -1.16. The number of methoxy groups -OCH3 is 1. The van der Waals surface area contributed by atoms with Crippen molar-refractivity contribution in [3.63, 3.8) is 0 Å². The monoisotopic (exact) mass is 252 g/mol. The normalized spacial score (nSPS) is 11.4. The van der Waals surface area contributed by atoms with Gasteiger partial charge in [-0.2, -0.15) is 0 Å². The number of amides is 1. The third-order valence-electron chi connectivity index (χ3n) is 2.22. The Labute approximate surface area is 103 Å². The molecule has 0 aromatic heterocycles. The second kappa shape index (κ2) is 5.76. The Bertz CT molecular complexity index is 486. The molecule has 0 spiro atoms. The molecule has 0 saturated heterocycles. The fourth-order valence-electron chi connectivity index (χ4n) is 1.28. The van der Waals surface area contributed by atoms with Gasteiger partial charge in [-0.1, -0.05) is 6.07 Å². The number of esters is 1. The van der Waals surface area contributed by atoms with Gasteiger partial charge in [-0.15, -0.1) is 0 Å². The first-order chi connectivity index (χ1) is 8.45. The largest absolute Gasteiger partial charge is 0.467 e. The third-order valence-corrected chi connectivity index (χ3v) is 2.22. The van der Waals surface area contributed by atoms with Gasteiger partial charge in [0, 0.05) is 17.7 Å². The number of non-ortho nitro benzene ring substituents is 1. The summed E-state index contributed by atoms with van der Waals surface area (Å²) in [4.78, 5) is 32.8. The molecule has 1 aromatic rings. The molecule has 96 valence electrons. The number of carbonyl (C=O) groups excluding carboxylic acids is 2. The zero-order valence-electron chi connectivity index (χ0n) is 9.88. The summed E-state index contributed by atoms with van der Waals surface area (Å²) < 4.78 is 4.45. The fraction of sp³-hybridized carbons (Fsp3) is 0.273. The molecule has 1 aromatic carbocycles. The number of nitrogens with zero attached hydrogens (tertiary/aromatic N) is 1. The Kier molecular flexibility index (Phi) is 4.36. The Hall–Kier alpha value is -2.44. The Morgan fingerprint density at radius 3 is 2.67 bits per heavy atom. The summed E-state index contributed by atoms with van der Waals surface area (Å²) in [6.07, 6.45) is 0. The summed E-state index contributed by atoms with van der Waals surface area (Å²) in [5, 5.41) is 12.9. The molecule has 0 bridgehead atoms. The maximum atomic E-state index is 11.7. The maximum absolute atomic E-state index is 11.7. The Morgan fingerprint density at radius 1 is 1.44 bits per heavy atom. The number of hydrogen-bond acceptors (Lipinski definition) is 5. The number of rotatable bonds is 4. The molecule has 0 aliphatic carbocycles. The molecule has 1 atom stereocenters. The van der Waals surface area contributed by atoms with Gasteiger partial charge in [-0.25, -0.2) is 4.79 Å². The number of ether oxygens (including phenoxy) is 1. The molecule has 18 heavy (non-hydrogen) atoms. The van der Waals surface area contributed by atoms with Crippen LogP contribution in [0.25, 0.3) is 0 Å². The van der Waals surface area contributed by atoms with Crippen LogP contribution in [0, 0.1) is 10.1 Å². The van der Waals surface area contributed by atoms with Crippen LogP contribution in [-0.2, 0) is 9.53 Å². The zero-order chi connectivity index (χ0) is 13.7. The number of nitrogens with one attached hydrogen (secondary N) is 1. The van der Waals surface area contributed by atoms with E-state index in [0.29, 0.717) is 0 Å². The number of benzene rings is 1. The van der Waals surface area contributed by atoms with E-state index >= 15 is 0 Å². The Balaban J connectivity index is 2.81. The van der Waals surface area contributed by atoms with Crippen molar-refractivity contribution in [1.82, 2.24) is 5.32 Å². The zero-order valence-corrected chi connectivity index (χ0v) is 9.88. The molecule has 1 amide bonds. The predicted octanol–water partition coefficient (Wildman–Crippen LogP) is 0.886. The molecule has 0 aliphatic rings. The molecular formula is C11H12N2O5. The van der Waals surface area contributed by atoms with Crippen LogP contribution in [0.3, 0.4) is 0 Å². The van der Waals surface area contributed by atoms with Crippen molar-refractivity contribution in [3.05, 3.63) is 39.9 Å². The lowest BCUT2D eigenvalue weighted by Gasteiger charge is -2.11. The summed E-state index contributed by atoms with van der Waals surface area (Å²) in [6.45, 7) is 1.46. The van der Waals surface area contributed by atoms with Crippen molar-refractivity contribution in [1.29, 1.82) is 0 Å². The first kappa shape index (κ1) is 13.6. The Morgan fingerprint density at radius 2 is 2.11 bits per heavy atom. The summed E-state index contributed by atoms with van der Waals surface area (Å²) in [5.41, 5.74) is -0.0756. The van der Waals surface area contributed by atoms with Gasteiger partial charge in [0.25, 0.3) is 11.6 Å². The van der Waals surface area contributed by atoms with E-state index in [1.54, 1.807) is 0 Å². The molecule has 1 unspecified atom stereocenters. The summed E-state index contributed by atoms with van der Waals surface area (Å²) >= 11 is 0. The van der Waals surface area contributed by atoms with Crippen molar-refractivity contribution in [2.75, 3.05) is 7.11 Å². The van der Waals surface area contributed by atoms with Crippen molar-refractivity contribution >= 4 is 17.6 Å². The fourth-order valence-corrected chi connectivity index (χ4v) is 1.28. The van der Waals surface area contributed by atoms with Gasteiger partial charge >= 0.3 is 5.97 Å². The standard InChI is InChI=1S/C11H12N2O5/c1-7(11(15)18-2)12-10(14)8-4-3-5-9(6-8)13(16)17/h3-7H,1-2H3,(H,12,14). The van der Waals surface area contributed by atoms with Gasteiger partial charge in [0.15, 0.2) is 0 Å². The van der Waals surface area contributed by atoms with E-state index in [1.807, 2.05) is 0 Å². The van der Waals surface area contributed by atoms with Crippen molar-refractivity contribution in [3.8, 4) is 0 Å². The molecule has 1 N–H and O–H groups in total. The first-order valence-corrected chi connectivity index (χ1v) is 5.09. The number of carbonyl (C=O) groups is 2. The van der Waals surface area contributed by atoms with Gasteiger partial charge in [-0.3, -0.25) is 14.9 Å². The SMILES string of the molecule is COC(=O)C(C)NC(=O)c1cccc([N+](=O)[O-])c1. The molecule has 1 rings (SSSR count). The van der Waals surface area contributed by atoms with Crippen molar-refractivity contribution < 1.29 is 19.2 Å². The number of nitro benzene ring substituents is 1. The quantitative estimate of drug-likeness (QED) is 0.487. The van der Waals surface area contributed by atoms with Crippen LogP contribution in [0.1, 0.15) is 17.3 Å². The highest BCUT2D eigenvalue weighted by molar-refractivity contribution is 5.97. The summed E-state index contributed by atoms with van der Waals surface area (Å²) in [7, 11) is 1.21. The lowest BCUT2D eigenvalue weighted by atomic mass is 10.2. The van der Waals surface area contributed by atoms with Gasteiger partial charge in [0.2, 0.25) is 0 Å². The van der Waals surface area contributed by atoms with Crippen LogP contribution < -0.4 is 5.32 Å². The van der Waals surface area contributed by atoms with Crippen LogP contribution in [0.5, 0.6) is 0 Å². The van der Waals surface area contributed by atoms with E-state index in [-0.39, 0.29) is 11.3 Å². The van der Waals surface area contributed by atoms with E-state index in [0.717, 1.165) is 6.07 Å². The highest BCUT2D eigenvalue weighted by Gasteiger charge is 2.18. The van der Waals surface area contributed by atoms with Gasteiger partial charge in [0.05, 0.1) is 12.0 Å². The number of nitro groups is 1. The summed E-state index contributed by atoms with van der Waals surface area (Å²) in [6, 6.07) is 4.42. The topological polar surface area (TPSA) is 98.5 Å². The molecule has 0 aliphatic heterocycles. The number of hydrogen-bond donors (Lipinski definition) is 1. The minimum Gasteiger partial charge on any atom is -0.467 e. The molecule has 0 radical (unpaired) electrons. The van der Waals surface area contributed by atoms with Gasteiger partial charge < -0.3 is 10.1 Å². The molecule has 0 heterocycles. The smallest absolute Gasteiger partial charge is 0.328 e. The second-order valence-corrected chi connectivity index (χ2v) is 3.53. The van der Waals surface area contributed by atoms with Crippen LogP contribution in [0.2, 0.25) is 0 Å². The second-order valence-electron chi connectivity index (χ2n) is 3.53. The lowest BCUT2D eigenvalue weighted by Crippen LogP contribution is -2.39. The molecular weight excluding hydrogens is 240 g/mol. The van der Waals surface area contributed by atoms with Gasteiger partial charge in [-0.05, 0) is 13.0 Å². The van der Waals surface area contributed by atoms with Crippen LogP contribution >= 0.6 is 0 Å². The highest BCUT2D eigenvalue weighted by Crippen LogP contribution is 2.13. The van der Waals surface area contributed by atoms with Crippen molar-refractivity contribution in [2.24, 2.45) is 0 Å². The highest BCUT2D eigenvalue weighted by atomic mass is 16.6. The van der Waals surface area contributed by atoms with E-state index < -0.39 is 22.8 Å². The van der Waals surface area contributed by atoms with E-state index in [9.17, 15) is 19.7 Å². The van der Waals surface area contributed by atoms with Gasteiger partial charge in [0.1, 0.15) is 6.04 Å². The molecule has 0 saturated carbocycles. The predicted molar refractivity (Wildman–Crippen MR) is 62.0 cm³/mol. The minimum atomic E-state index is -0.818. The van der Waals surface area contributed by atoms with E-state index in [2.05, 4.69) is 10.1 Å². The molecule has 7 nitrogen and oxygen atoms in total. The van der Waals surface area contributed by atoms with E-state index in [4.69, 9.17) is 0 Å². The van der Waals surface area contributed by atoms with Crippen molar-refractivity contribution in [2.45, 2.75) is 13.0 Å². The maximum Gasteiger partial charge on any atom is 0.328 e. The minimum absolute atomic E-state index is 0.111. The molecule has 0 fully saturated rings. The first-order valence-electron chi connectivity index (χ1n) is 5.09. The molecule has 7 heteroatoms. The van der Waals surface area contributed by atoms with Crippen LogP contribution in [-0.4, -0.2) is 30.0 Å².